The van der Waals surface area contributed by atoms with Gasteiger partial charge in [-0.2, -0.15) is 0 Å². The summed E-state index contributed by atoms with van der Waals surface area (Å²) in [5, 5.41) is 5.66. The van der Waals surface area contributed by atoms with Gasteiger partial charge in [0.1, 0.15) is 5.60 Å². The number of hydrogen-bond acceptors (Lipinski definition) is 5. The minimum atomic E-state index is -0.545. The summed E-state index contributed by atoms with van der Waals surface area (Å²) in [4.78, 5) is 39.0. The van der Waals surface area contributed by atoms with Crippen molar-refractivity contribution in [2.24, 2.45) is 0 Å². The summed E-state index contributed by atoms with van der Waals surface area (Å²) in [6, 6.07) is 8.44. The third-order valence-electron chi connectivity index (χ3n) is 4.98. The molecule has 1 aliphatic rings. The van der Waals surface area contributed by atoms with Gasteiger partial charge in [0, 0.05) is 30.4 Å². The van der Waals surface area contributed by atoms with Gasteiger partial charge in [-0.3, -0.25) is 9.59 Å². The average Bonchev–Trinajstić information content (AvgIpc) is 3.23. The lowest BCUT2D eigenvalue weighted by molar-refractivity contribution is 0.0473. The first kappa shape index (κ1) is 22.4. The number of nitrogens with one attached hydrogen (secondary N) is 2. The van der Waals surface area contributed by atoms with Crippen molar-refractivity contribution >= 4 is 23.6 Å². The van der Waals surface area contributed by atoms with E-state index in [2.05, 4.69) is 10.6 Å². The number of alkyl carbamates (subject to hydrolysis) is 1. The number of furan rings is 1. The Kier molecular flexibility index (Phi) is 6.68. The van der Waals surface area contributed by atoms with Crippen molar-refractivity contribution in [2.45, 2.75) is 52.2 Å². The molecule has 3 amide bonds. The fourth-order valence-corrected chi connectivity index (χ4v) is 3.37. The van der Waals surface area contributed by atoms with Gasteiger partial charge in [-0.15, -0.1) is 0 Å². The third-order valence-corrected chi connectivity index (χ3v) is 4.98. The van der Waals surface area contributed by atoms with Crippen molar-refractivity contribution in [2.75, 3.05) is 18.4 Å². The predicted octanol–water partition coefficient (Wildman–Crippen LogP) is 3.97. The second kappa shape index (κ2) is 9.24. The van der Waals surface area contributed by atoms with E-state index in [0.29, 0.717) is 37.2 Å². The van der Waals surface area contributed by atoms with Crippen LogP contribution in [0.4, 0.5) is 10.5 Å². The lowest BCUT2D eigenvalue weighted by Crippen LogP contribution is -2.47. The zero-order chi connectivity index (χ0) is 22.6. The standard InChI is InChI=1S/C23H29N3O5/c1-15-7-8-16(14-18(15)25-20(27)19-6-5-13-30-19)21(28)26-11-9-17(10-12-26)24-22(29)31-23(2,3)4/h5-8,13-14,17H,9-12H2,1-4H3,(H,24,29)(H,25,27). The molecule has 1 saturated heterocycles. The minimum Gasteiger partial charge on any atom is -0.459 e. The molecule has 166 valence electrons. The van der Waals surface area contributed by atoms with E-state index in [4.69, 9.17) is 9.15 Å². The highest BCUT2D eigenvalue weighted by Gasteiger charge is 2.26. The van der Waals surface area contributed by atoms with Crippen LogP contribution in [0.15, 0.2) is 41.0 Å². The zero-order valence-electron chi connectivity index (χ0n) is 18.4. The lowest BCUT2D eigenvalue weighted by atomic mass is 10.0. The number of anilines is 1. The molecule has 0 atom stereocenters. The first-order valence-electron chi connectivity index (χ1n) is 10.4. The molecular formula is C23H29N3O5. The third kappa shape index (κ3) is 6.10. The van der Waals surface area contributed by atoms with Crippen LogP contribution in [0.1, 0.15) is 60.1 Å². The van der Waals surface area contributed by atoms with Crippen LogP contribution in [-0.2, 0) is 4.74 Å². The number of benzene rings is 1. The van der Waals surface area contributed by atoms with E-state index in [1.807, 2.05) is 33.8 Å². The molecular weight excluding hydrogens is 398 g/mol. The topological polar surface area (TPSA) is 101 Å². The van der Waals surface area contributed by atoms with E-state index in [1.54, 1.807) is 29.2 Å². The molecule has 1 aromatic heterocycles. The fourth-order valence-electron chi connectivity index (χ4n) is 3.37. The number of carbonyl (C=O) groups is 3. The van der Waals surface area contributed by atoms with Crippen LogP contribution in [0.25, 0.3) is 0 Å². The van der Waals surface area contributed by atoms with Crippen LogP contribution in [0.2, 0.25) is 0 Å². The van der Waals surface area contributed by atoms with Crippen molar-refractivity contribution < 1.29 is 23.5 Å². The van der Waals surface area contributed by atoms with Gasteiger partial charge in [-0.05, 0) is 70.4 Å². The Hall–Kier alpha value is -3.29. The predicted molar refractivity (Wildman–Crippen MR) is 116 cm³/mol. The van der Waals surface area contributed by atoms with Crippen LogP contribution < -0.4 is 10.6 Å². The summed E-state index contributed by atoms with van der Waals surface area (Å²) in [5.74, 6) is -0.272. The molecule has 1 aromatic carbocycles. The number of piperidine rings is 1. The van der Waals surface area contributed by atoms with E-state index >= 15 is 0 Å². The van der Waals surface area contributed by atoms with E-state index < -0.39 is 11.7 Å². The molecule has 2 aromatic rings. The molecule has 0 bridgehead atoms. The number of amides is 3. The molecule has 0 unspecified atom stereocenters. The molecule has 0 spiro atoms. The second-order valence-corrected chi connectivity index (χ2v) is 8.67. The zero-order valence-corrected chi connectivity index (χ0v) is 18.4. The van der Waals surface area contributed by atoms with Crippen molar-refractivity contribution in [1.29, 1.82) is 0 Å². The molecule has 0 radical (unpaired) electrons. The van der Waals surface area contributed by atoms with Gasteiger partial charge < -0.3 is 24.7 Å². The van der Waals surface area contributed by atoms with Gasteiger partial charge in [-0.25, -0.2) is 4.79 Å². The van der Waals surface area contributed by atoms with Crippen molar-refractivity contribution in [1.82, 2.24) is 10.2 Å². The Morgan fingerprint density at radius 3 is 2.45 bits per heavy atom. The Morgan fingerprint density at radius 2 is 1.84 bits per heavy atom. The molecule has 31 heavy (non-hydrogen) atoms. The first-order chi connectivity index (χ1) is 14.6. The molecule has 3 rings (SSSR count). The van der Waals surface area contributed by atoms with E-state index in [0.717, 1.165) is 5.56 Å². The molecule has 8 heteroatoms. The van der Waals surface area contributed by atoms with Crippen LogP contribution in [0.5, 0.6) is 0 Å². The molecule has 2 N–H and O–H groups in total. The molecule has 2 heterocycles. The quantitative estimate of drug-likeness (QED) is 0.769. The van der Waals surface area contributed by atoms with Gasteiger partial charge in [0.05, 0.1) is 6.26 Å². The van der Waals surface area contributed by atoms with Gasteiger partial charge in [0.2, 0.25) is 0 Å². The normalized spacial score (nSPS) is 14.8. The summed E-state index contributed by atoms with van der Waals surface area (Å²) in [6.45, 7) is 8.38. The molecule has 8 nitrogen and oxygen atoms in total. The first-order valence-corrected chi connectivity index (χ1v) is 10.4. The van der Waals surface area contributed by atoms with Crippen molar-refractivity contribution in [3.63, 3.8) is 0 Å². The number of hydrogen-bond donors (Lipinski definition) is 2. The summed E-state index contributed by atoms with van der Waals surface area (Å²) in [6.07, 6.45) is 2.30. The number of aryl methyl sites for hydroxylation is 1. The molecule has 1 fully saturated rings. The largest absolute Gasteiger partial charge is 0.459 e. The number of likely N-dealkylation sites (tertiary alicyclic amines) is 1. The molecule has 0 aliphatic carbocycles. The maximum atomic E-state index is 13.0. The average molecular weight is 428 g/mol. The van der Waals surface area contributed by atoms with Crippen LogP contribution >= 0.6 is 0 Å². The van der Waals surface area contributed by atoms with Gasteiger partial charge in [0.25, 0.3) is 11.8 Å². The molecule has 1 aliphatic heterocycles. The summed E-state index contributed by atoms with van der Waals surface area (Å²) in [5.41, 5.74) is 1.36. The van der Waals surface area contributed by atoms with Gasteiger partial charge >= 0.3 is 6.09 Å². The smallest absolute Gasteiger partial charge is 0.407 e. The molecule has 0 saturated carbocycles. The fraction of sp³-hybridized carbons (Fsp3) is 0.435. The number of nitrogens with zero attached hydrogens (tertiary/aromatic N) is 1. The lowest BCUT2D eigenvalue weighted by Gasteiger charge is -2.33. The Morgan fingerprint density at radius 1 is 1.13 bits per heavy atom. The maximum Gasteiger partial charge on any atom is 0.407 e. The number of carbonyl (C=O) groups excluding carboxylic acids is 3. The Balaban J connectivity index is 1.58. The van der Waals surface area contributed by atoms with Crippen LogP contribution in [0.3, 0.4) is 0 Å². The van der Waals surface area contributed by atoms with E-state index in [9.17, 15) is 14.4 Å². The highest BCUT2D eigenvalue weighted by Crippen LogP contribution is 2.21. The summed E-state index contributed by atoms with van der Waals surface area (Å²) in [7, 11) is 0. The van der Waals surface area contributed by atoms with Crippen molar-refractivity contribution in [3.8, 4) is 0 Å². The minimum absolute atomic E-state index is 0.0277. The van der Waals surface area contributed by atoms with E-state index in [-0.39, 0.29) is 23.6 Å². The number of rotatable bonds is 4. The number of ether oxygens (including phenoxy) is 1. The van der Waals surface area contributed by atoms with E-state index in [1.165, 1.54) is 6.26 Å². The highest BCUT2D eigenvalue weighted by atomic mass is 16.6. The second-order valence-electron chi connectivity index (χ2n) is 8.67. The van der Waals surface area contributed by atoms with Crippen LogP contribution in [-0.4, -0.2) is 47.5 Å². The summed E-state index contributed by atoms with van der Waals surface area (Å²) < 4.78 is 10.4. The summed E-state index contributed by atoms with van der Waals surface area (Å²) >= 11 is 0. The van der Waals surface area contributed by atoms with Gasteiger partial charge in [0.15, 0.2) is 5.76 Å². The van der Waals surface area contributed by atoms with Gasteiger partial charge in [-0.1, -0.05) is 6.07 Å². The van der Waals surface area contributed by atoms with Crippen LogP contribution in [0, 0.1) is 6.92 Å². The SMILES string of the molecule is Cc1ccc(C(=O)N2CCC(NC(=O)OC(C)(C)C)CC2)cc1NC(=O)c1ccco1. The Bertz CT molecular complexity index is 939. The van der Waals surface area contributed by atoms with Crippen molar-refractivity contribution in [3.05, 3.63) is 53.5 Å². The maximum absolute atomic E-state index is 13.0. The monoisotopic (exact) mass is 427 g/mol. The highest BCUT2D eigenvalue weighted by molar-refractivity contribution is 6.04. The Labute approximate surface area is 181 Å².